The molecule has 150 valence electrons. The van der Waals surface area contributed by atoms with Crippen LogP contribution < -0.4 is 10.0 Å². The van der Waals surface area contributed by atoms with Crippen molar-refractivity contribution >= 4 is 39.1 Å². The highest BCUT2D eigenvalue weighted by molar-refractivity contribution is 7.99. The number of hydrogen-bond acceptors (Lipinski definition) is 4. The van der Waals surface area contributed by atoms with Gasteiger partial charge in [0.1, 0.15) is 0 Å². The zero-order valence-corrected chi connectivity index (χ0v) is 17.8. The Balaban J connectivity index is 1.82. The number of thioether (sulfide) groups is 1. The number of sulfonamides is 1. The molecule has 0 spiro atoms. The Hall–Kier alpha value is -2.77. The van der Waals surface area contributed by atoms with Gasteiger partial charge in [-0.3, -0.25) is 9.52 Å². The average molecular weight is 427 g/mol. The second kappa shape index (κ2) is 9.15. The molecule has 0 saturated heterocycles. The van der Waals surface area contributed by atoms with Crippen molar-refractivity contribution in [3.05, 3.63) is 83.9 Å². The van der Waals surface area contributed by atoms with Crippen molar-refractivity contribution in [2.24, 2.45) is 0 Å². The maximum absolute atomic E-state index is 12.7. The van der Waals surface area contributed by atoms with Gasteiger partial charge in [0.05, 0.1) is 10.6 Å². The first-order chi connectivity index (χ1) is 13.9. The Morgan fingerprint density at radius 2 is 1.72 bits per heavy atom. The molecule has 0 unspecified atom stereocenters. The Kier molecular flexibility index (Phi) is 6.61. The molecule has 29 heavy (non-hydrogen) atoms. The van der Waals surface area contributed by atoms with E-state index in [1.807, 2.05) is 44.2 Å². The van der Waals surface area contributed by atoms with E-state index < -0.39 is 10.0 Å². The monoisotopic (exact) mass is 426 g/mol. The van der Waals surface area contributed by atoms with Crippen molar-refractivity contribution in [1.82, 2.24) is 0 Å². The number of carbonyl (C=O) groups excluding carboxylic acids is 1. The molecule has 0 aliphatic heterocycles. The zero-order chi connectivity index (χ0) is 20.9. The number of aryl methyl sites for hydroxylation is 1. The quantitative estimate of drug-likeness (QED) is 0.512. The van der Waals surface area contributed by atoms with E-state index in [9.17, 15) is 13.2 Å². The average Bonchev–Trinajstić information content (AvgIpc) is 2.69. The van der Waals surface area contributed by atoms with Crippen LogP contribution in [-0.4, -0.2) is 20.1 Å². The highest BCUT2D eigenvalue weighted by Gasteiger charge is 2.17. The van der Waals surface area contributed by atoms with Crippen molar-refractivity contribution in [2.75, 3.05) is 15.8 Å². The fourth-order valence-electron chi connectivity index (χ4n) is 2.77. The van der Waals surface area contributed by atoms with E-state index in [0.717, 1.165) is 16.2 Å². The summed E-state index contributed by atoms with van der Waals surface area (Å²) in [5.74, 6) is 0.521. The van der Waals surface area contributed by atoms with Crippen LogP contribution >= 0.6 is 11.8 Å². The van der Waals surface area contributed by atoms with Crippen LogP contribution in [-0.2, 0) is 10.0 Å². The number of amides is 1. The molecular weight excluding hydrogens is 404 g/mol. The summed E-state index contributed by atoms with van der Waals surface area (Å²) in [7, 11) is -3.81. The van der Waals surface area contributed by atoms with Gasteiger partial charge in [0.15, 0.2) is 0 Å². The molecule has 0 aliphatic rings. The van der Waals surface area contributed by atoms with Gasteiger partial charge in [-0.15, -0.1) is 11.8 Å². The first-order valence-electron chi connectivity index (χ1n) is 9.12. The maximum Gasteiger partial charge on any atom is 0.261 e. The van der Waals surface area contributed by atoms with Gasteiger partial charge in [-0.1, -0.05) is 37.3 Å². The van der Waals surface area contributed by atoms with Gasteiger partial charge in [0, 0.05) is 16.1 Å². The van der Waals surface area contributed by atoms with Gasteiger partial charge in [-0.25, -0.2) is 8.42 Å². The third kappa shape index (κ3) is 5.40. The molecule has 3 aromatic carbocycles. The SMILES string of the molecule is CCSc1ccccc1NC(=O)c1cccc(S(=O)(=O)Nc2cccc(C)c2)c1. The van der Waals surface area contributed by atoms with E-state index in [4.69, 9.17) is 0 Å². The molecule has 1 amide bonds. The standard InChI is InChI=1S/C22H22N2O3S2/c1-3-28-21-13-5-4-12-20(21)23-22(25)17-9-7-11-19(15-17)29(26,27)24-18-10-6-8-16(2)14-18/h4-15,24H,3H2,1-2H3,(H,23,25). The van der Waals surface area contributed by atoms with Crippen LogP contribution in [0.2, 0.25) is 0 Å². The topological polar surface area (TPSA) is 75.3 Å². The summed E-state index contributed by atoms with van der Waals surface area (Å²) < 4.78 is 28.0. The van der Waals surface area contributed by atoms with E-state index in [-0.39, 0.29) is 16.4 Å². The summed E-state index contributed by atoms with van der Waals surface area (Å²) in [5, 5.41) is 2.87. The number of benzene rings is 3. The van der Waals surface area contributed by atoms with Crippen molar-refractivity contribution in [3.8, 4) is 0 Å². The predicted molar refractivity (Wildman–Crippen MR) is 119 cm³/mol. The molecule has 7 heteroatoms. The minimum atomic E-state index is -3.81. The normalized spacial score (nSPS) is 11.1. The van der Waals surface area contributed by atoms with Crippen molar-refractivity contribution in [2.45, 2.75) is 23.6 Å². The number of nitrogens with one attached hydrogen (secondary N) is 2. The Morgan fingerprint density at radius 1 is 0.966 bits per heavy atom. The minimum absolute atomic E-state index is 0.0304. The molecule has 0 heterocycles. The molecule has 3 aromatic rings. The molecule has 0 atom stereocenters. The molecule has 2 N–H and O–H groups in total. The van der Waals surface area contributed by atoms with Crippen LogP contribution in [0.15, 0.2) is 82.6 Å². The van der Waals surface area contributed by atoms with Gasteiger partial charge in [-0.2, -0.15) is 0 Å². The number of carbonyl (C=O) groups is 1. The Morgan fingerprint density at radius 3 is 2.48 bits per heavy atom. The van der Waals surface area contributed by atoms with E-state index >= 15 is 0 Å². The lowest BCUT2D eigenvalue weighted by molar-refractivity contribution is 0.102. The molecule has 3 rings (SSSR count). The summed E-state index contributed by atoms with van der Waals surface area (Å²) in [5.41, 5.74) is 2.40. The van der Waals surface area contributed by atoms with Gasteiger partial charge < -0.3 is 5.32 Å². The lowest BCUT2D eigenvalue weighted by atomic mass is 10.2. The van der Waals surface area contributed by atoms with E-state index in [1.54, 1.807) is 42.1 Å². The van der Waals surface area contributed by atoms with Gasteiger partial charge in [0.25, 0.3) is 15.9 Å². The summed E-state index contributed by atoms with van der Waals surface area (Å²) in [6, 6.07) is 20.6. The van der Waals surface area contributed by atoms with Gasteiger partial charge in [0.2, 0.25) is 0 Å². The van der Waals surface area contributed by atoms with Crippen LogP contribution in [0.1, 0.15) is 22.8 Å². The molecule has 0 aliphatic carbocycles. The lowest BCUT2D eigenvalue weighted by Gasteiger charge is -2.12. The van der Waals surface area contributed by atoms with Crippen LogP contribution in [0.25, 0.3) is 0 Å². The second-order valence-electron chi connectivity index (χ2n) is 6.39. The highest BCUT2D eigenvalue weighted by atomic mass is 32.2. The fraction of sp³-hybridized carbons (Fsp3) is 0.136. The largest absolute Gasteiger partial charge is 0.321 e. The highest BCUT2D eigenvalue weighted by Crippen LogP contribution is 2.27. The Bertz CT molecular complexity index is 1130. The molecule has 0 fully saturated rings. The summed E-state index contributed by atoms with van der Waals surface area (Å²) >= 11 is 1.63. The first kappa shape index (κ1) is 21.0. The smallest absolute Gasteiger partial charge is 0.261 e. The summed E-state index contributed by atoms with van der Waals surface area (Å²) in [4.78, 5) is 13.7. The third-order valence-electron chi connectivity index (χ3n) is 4.11. The maximum atomic E-state index is 12.7. The molecule has 0 aromatic heterocycles. The van der Waals surface area contributed by atoms with Gasteiger partial charge >= 0.3 is 0 Å². The third-order valence-corrected chi connectivity index (χ3v) is 6.45. The molecule has 5 nitrogen and oxygen atoms in total. The second-order valence-corrected chi connectivity index (χ2v) is 9.37. The zero-order valence-electron chi connectivity index (χ0n) is 16.2. The summed E-state index contributed by atoms with van der Waals surface area (Å²) in [6.45, 7) is 3.93. The minimum Gasteiger partial charge on any atom is -0.321 e. The van der Waals surface area contributed by atoms with Crippen molar-refractivity contribution in [1.29, 1.82) is 0 Å². The van der Waals surface area contributed by atoms with Crippen LogP contribution in [0.3, 0.4) is 0 Å². The predicted octanol–water partition coefficient (Wildman–Crippen LogP) is 5.16. The number of rotatable bonds is 7. The Labute approximate surface area is 175 Å². The summed E-state index contributed by atoms with van der Waals surface area (Å²) in [6.07, 6.45) is 0. The number of anilines is 2. The van der Waals surface area contributed by atoms with Crippen LogP contribution in [0.4, 0.5) is 11.4 Å². The number of para-hydroxylation sites is 1. The van der Waals surface area contributed by atoms with Crippen molar-refractivity contribution < 1.29 is 13.2 Å². The van der Waals surface area contributed by atoms with E-state index in [2.05, 4.69) is 10.0 Å². The molecule has 0 saturated carbocycles. The molecular formula is C22H22N2O3S2. The fourth-order valence-corrected chi connectivity index (χ4v) is 4.63. The lowest BCUT2D eigenvalue weighted by Crippen LogP contribution is -2.16. The van der Waals surface area contributed by atoms with Crippen LogP contribution in [0, 0.1) is 6.92 Å². The van der Waals surface area contributed by atoms with Crippen molar-refractivity contribution in [3.63, 3.8) is 0 Å². The van der Waals surface area contributed by atoms with E-state index in [1.165, 1.54) is 12.1 Å². The first-order valence-corrected chi connectivity index (χ1v) is 11.6. The van der Waals surface area contributed by atoms with E-state index in [0.29, 0.717) is 11.4 Å². The van der Waals surface area contributed by atoms with Crippen LogP contribution in [0.5, 0.6) is 0 Å². The number of hydrogen-bond donors (Lipinski definition) is 2. The van der Waals surface area contributed by atoms with Gasteiger partial charge in [-0.05, 0) is 60.7 Å². The molecule has 0 radical (unpaired) electrons. The molecule has 0 bridgehead atoms.